The highest BCUT2D eigenvalue weighted by molar-refractivity contribution is 6.35. The van der Waals surface area contributed by atoms with E-state index >= 15 is 0 Å². The van der Waals surface area contributed by atoms with Crippen LogP contribution in [0.4, 0.5) is 5.69 Å². The van der Waals surface area contributed by atoms with E-state index in [0.717, 1.165) is 12.0 Å². The standard InChI is InChI=1S/C21H24N4O4/c1-3-10-22-20(27)21(28)25-23-13-16-7-5-9-18(12-16)29-14-19(26)24-17-8-4-6-15(2)11-17/h4-9,11-13H,3,10,14H2,1-2H3,(H,22,27)(H,24,26)(H,25,28)/b23-13-. The SMILES string of the molecule is CCCNC(=O)C(=O)N/N=C\c1cccc(OCC(=O)Nc2cccc(C)c2)c1. The Labute approximate surface area is 169 Å². The van der Waals surface area contributed by atoms with E-state index in [1.54, 1.807) is 30.3 Å². The number of anilines is 1. The van der Waals surface area contributed by atoms with Gasteiger partial charge in [-0.3, -0.25) is 14.4 Å². The highest BCUT2D eigenvalue weighted by Crippen LogP contribution is 2.13. The van der Waals surface area contributed by atoms with Crippen LogP contribution < -0.4 is 20.8 Å². The molecule has 29 heavy (non-hydrogen) atoms. The molecule has 0 atom stereocenters. The summed E-state index contributed by atoms with van der Waals surface area (Å²) in [5, 5.41) is 8.97. The fourth-order valence-electron chi connectivity index (χ4n) is 2.29. The Morgan fingerprint density at radius 1 is 1.07 bits per heavy atom. The maximum absolute atomic E-state index is 12.0. The van der Waals surface area contributed by atoms with Crippen LogP contribution in [0.2, 0.25) is 0 Å². The largest absolute Gasteiger partial charge is 0.484 e. The Hall–Kier alpha value is -3.68. The minimum absolute atomic E-state index is 0.150. The van der Waals surface area contributed by atoms with Crippen molar-refractivity contribution in [1.82, 2.24) is 10.7 Å². The zero-order valence-corrected chi connectivity index (χ0v) is 16.4. The zero-order valence-electron chi connectivity index (χ0n) is 16.4. The lowest BCUT2D eigenvalue weighted by Gasteiger charge is -2.08. The third kappa shape index (κ3) is 7.84. The lowest BCUT2D eigenvalue weighted by Crippen LogP contribution is -2.38. The van der Waals surface area contributed by atoms with E-state index < -0.39 is 11.8 Å². The first-order chi connectivity index (χ1) is 14.0. The molecule has 3 N–H and O–H groups in total. The molecule has 2 rings (SSSR count). The van der Waals surface area contributed by atoms with Gasteiger partial charge in [0, 0.05) is 12.2 Å². The van der Waals surface area contributed by atoms with Crippen LogP contribution in [0.5, 0.6) is 5.75 Å². The Morgan fingerprint density at radius 2 is 1.86 bits per heavy atom. The fraction of sp³-hybridized carbons (Fsp3) is 0.238. The van der Waals surface area contributed by atoms with Gasteiger partial charge >= 0.3 is 11.8 Å². The van der Waals surface area contributed by atoms with Crippen molar-refractivity contribution in [2.75, 3.05) is 18.5 Å². The Kier molecular flexibility index (Phi) is 8.37. The lowest BCUT2D eigenvalue weighted by atomic mass is 10.2. The molecule has 0 fully saturated rings. The number of hydrogen-bond donors (Lipinski definition) is 3. The zero-order chi connectivity index (χ0) is 21.1. The molecule has 0 saturated heterocycles. The van der Waals surface area contributed by atoms with Crippen LogP contribution in [0.15, 0.2) is 53.6 Å². The molecule has 0 radical (unpaired) electrons. The van der Waals surface area contributed by atoms with E-state index in [-0.39, 0.29) is 12.5 Å². The molecule has 0 aliphatic carbocycles. The third-order valence-corrected chi connectivity index (χ3v) is 3.65. The minimum Gasteiger partial charge on any atom is -0.484 e. The number of nitrogens with zero attached hydrogens (tertiary/aromatic N) is 1. The van der Waals surface area contributed by atoms with Crippen molar-refractivity contribution < 1.29 is 19.1 Å². The number of hydrazone groups is 1. The predicted molar refractivity (Wildman–Crippen MR) is 111 cm³/mol. The second-order valence-electron chi connectivity index (χ2n) is 6.23. The molecular weight excluding hydrogens is 372 g/mol. The van der Waals surface area contributed by atoms with E-state index in [2.05, 4.69) is 21.2 Å². The number of benzene rings is 2. The van der Waals surface area contributed by atoms with Gasteiger partial charge in [0.2, 0.25) is 0 Å². The maximum atomic E-state index is 12.0. The van der Waals surface area contributed by atoms with Gasteiger partial charge in [-0.1, -0.05) is 31.2 Å². The molecule has 0 spiro atoms. The maximum Gasteiger partial charge on any atom is 0.329 e. The van der Waals surface area contributed by atoms with Gasteiger partial charge in [0.25, 0.3) is 5.91 Å². The molecule has 152 valence electrons. The Bertz CT molecular complexity index is 896. The summed E-state index contributed by atoms with van der Waals surface area (Å²) in [4.78, 5) is 35.0. The summed E-state index contributed by atoms with van der Waals surface area (Å²) in [6, 6.07) is 14.3. The first-order valence-corrected chi connectivity index (χ1v) is 9.18. The van der Waals surface area contributed by atoms with Crippen molar-refractivity contribution in [1.29, 1.82) is 0 Å². The molecule has 0 aliphatic heterocycles. The molecule has 0 aromatic heterocycles. The summed E-state index contributed by atoms with van der Waals surface area (Å²) < 4.78 is 5.50. The van der Waals surface area contributed by atoms with Crippen molar-refractivity contribution in [3.8, 4) is 5.75 Å². The van der Waals surface area contributed by atoms with E-state index in [0.29, 0.717) is 23.5 Å². The van der Waals surface area contributed by atoms with Crippen LogP contribution in [-0.2, 0) is 14.4 Å². The molecule has 0 saturated carbocycles. The van der Waals surface area contributed by atoms with Crippen molar-refractivity contribution in [3.05, 3.63) is 59.7 Å². The summed E-state index contributed by atoms with van der Waals surface area (Å²) in [5.74, 6) is -1.38. The normalized spacial score (nSPS) is 10.4. The number of aryl methyl sites for hydroxylation is 1. The van der Waals surface area contributed by atoms with Crippen molar-refractivity contribution >= 4 is 29.6 Å². The van der Waals surface area contributed by atoms with Gasteiger partial charge in [0.05, 0.1) is 6.21 Å². The quantitative estimate of drug-likeness (QED) is 0.360. The van der Waals surface area contributed by atoms with Gasteiger partial charge in [-0.15, -0.1) is 0 Å². The summed E-state index contributed by atoms with van der Waals surface area (Å²) in [6.45, 7) is 4.10. The van der Waals surface area contributed by atoms with Crippen LogP contribution >= 0.6 is 0 Å². The average Bonchev–Trinajstić information content (AvgIpc) is 2.70. The van der Waals surface area contributed by atoms with Gasteiger partial charge in [0.15, 0.2) is 6.61 Å². The molecule has 8 heteroatoms. The number of nitrogens with one attached hydrogen (secondary N) is 3. The monoisotopic (exact) mass is 396 g/mol. The summed E-state index contributed by atoms with van der Waals surface area (Å²) in [7, 11) is 0. The van der Waals surface area contributed by atoms with Crippen LogP contribution in [0.25, 0.3) is 0 Å². The minimum atomic E-state index is -0.838. The predicted octanol–water partition coefficient (Wildman–Crippen LogP) is 1.99. The van der Waals surface area contributed by atoms with E-state index in [1.807, 2.05) is 32.0 Å². The van der Waals surface area contributed by atoms with Gasteiger partial charge in [-0.05, 0) is 48.7 Å². The van der Waals surface area contributed by atoms with Crippen LogP contribution in [0.3, 0.4) is 0 Å². The van der Waals surface area contributed by atoms with Crippen LogP contribution in [0, 0.1) is 6.92 Å². The number of carbonyl (C=O) groups excluding carboxylic acids is 3. The number of hydrogen-bond acceptors (Lipinski definition) is 5. The van der Waals surface area contributed by atoms with Gasteiger partial charge in [-0.2, -0.15) is 5.10 Å². The molecule has 0 aliphatic rings. The first kappa shape index (κ1) is 21.6. The highest BCUT2D eigenvalue weighted by atomic mass is 16.5. The molecular formula is C21H24N4O4. The van der Waals surface area contributed by atoms with E-state index in [1.165, 1.54) is 6.21 Å². The molecule has 2 aromatic carbocycles. The molecule has 0 heterocycles. The molecule has 3 amide bonds. The Morgan fingerprint density at radius 3 is 2.62 bits per heavy atom. The lowest BCUT2D eigenvalue weighted by molar-refractivity contribution is -0.139. The van der Waals surface area contributed by atoms with Crippen molar-refractivity contribution in [3.63, 3.8) is 0 Å². The Balaban J connectivity index is 1.83. The van der Waals surface area contributed by atoms with Crippen LogP contribution in [-0.4, -0.2) is 37.1 Å². The van der Waals surface area contributed by atoms with E-state index in [4.69, 9.17) is 4.74 Å². The summed E-state index contributed by atoms with van der Waals surface area (Å²) in [6.07, 6.45) is 2.11. The molecule has 0 bridgehead atoms. The van der Waals surface area contributed by atoms with Gasteiger partial charge < -0.3 is 15.4 Å². The van der Waals surface area contributed by atoms with Gasteiger partial charge in [0.1, 0.15) is 5.75 Å². The number of amides is 3. The summed E-state index contributed by atoms with van der Waals surface area (Å²) in [5.41, 5.74) is 4.54. The highest BCUT2D eigenvalue weighted by Gasteiger charge is 2.10. The van der Waals surface area contributed by atoms with Crippen molar-refractivity contribution in [2.24, 2.45) is 5.10 Å². The summed E-state index contributed by atoms with van der Waals surface area (Å²) >= 11 is 0. The number of ether oxygens (including phenoxy) is 1. The smallest absolute Gasteiger partial charge is 0.329 e. The average molecular weight is 396 g/mol. The second-order valence-corrected chi connectivity index (χ2v) is 6.23. The first-order valence-electron chi connectivity index (χ1n) is 9.18. The van der Waals surface area contributed by atoms with Crippen LogP contribution in [0.1, 0.15) is 24.5 Å². The van der Waals surface area contributed by atoms with E-state index in [9.17, 15) is 14.4 Å². The second kappa shape index (κ2) is 11.2. The van der Waals surface area contributed by atoms with Gasteiger partial charge in [-0.25, -0.2) is 5.43 Å². The topological polar surface area (TPSA) is 109 Å². The third-order valence-electron chi connectivity index (χ3n) is 3.65. The molecule has 2 aromatic rings. The van der Waals surface area contributed by atoms with Crippen molar-refractivity contribution in [2.45, 2.75) is 20.3 Å². The fourth-order valence-corrected chi connectivity index (χ4v) is 2.29. The molecule has 0 unspecified atom stereocenters. The number of rotatable bonds is 8. The number of carbonyl (C=O) groups is 3. The molecule has 8 nitrogen and oxygen atoms in total.